The Balaban J connectivity index is 1.84. The summed E-state index contributed by atoms with van der Waals surface area (Å²) in [4.78, 5) is 4.71. The molecule has 0 aliphatic heterocycles. The topological polar surface area (TPSA) is 50.4 Å². The van der Waals surface area contributed by atoms with Crippen LogP contribution in [0.4, 0.5) is 0 Å². The lowest BCUT2D eigenvalue weighted by molar-refractivity contribution is 0.245. The average Bonchev–Trinajstić information content (AvgIpc) is 2.86. The molecule has 0 saturated heterocycles. The Hall–Kier alpha value is -0.730. The summed E-state index contributed by atoms with van der Waals surface area (Å²) in [6.07, 6.45) is 13.3. The van der Waals surface area contributed by atoms with Crippen LogP contribution in [0.5, 0.6) is 0 Å². The van der Waals surface area contributed by atoms with Crippen LogP contribution in [-0.2, 0) is 0 Å². The normalized spacial score (nSPS) is 24.2. The third-order valence-corrected chi connectivity index (χ3v) is 5.05. The van der Waals surface area contributed by atoms with Crippen LogP contribution in [0.15, 0.2) is 4.99 Å². The lowest BCUT2D eigenvalue weighted by Crippen LogP contribution is -2.41. The highest BCUT2D eigenvalue weighted by molar-refractivity contribution is 5.78. The van der Waals surface area contributed by atoms with E-state index in [1.54, 1.807) is 0 Å². The van der Waals surface area contributed by atoms with Crippen molar-refractivity contribution >= 4 is 5.96 Å². The van der Waals surface area contributed by atoms with Gasteiger partial charge in [-0.1, -0.05) is 46.0 Å². The van der Waals surface area contributed by atoms with Gasteiger partial charge >= 0.3 is 0 Å². The number of nitrogens with one attached hydrogen (secondary N) is 1. The van der Waals surface area contributed by atoms with E-state index in [-0.39, 0.29) is 0 Å². The zero-order chi connectivity index (χ0) is 14.4. The van der Waals surface area contributed by atoms with Crippen LogP contribution in [-0.4, -0.2) is 18.5 Å². The first-order chi connectivity index (χ1) is 9.60. The molecule has 0 radical (unpaired) electrons. The van der Waals surface area contributed by atoms with Gasteiger partial charge in [0.2, 0.25) is 0 Å². The van der Waals surface area contributed by atoms with Crippen molar-refractivity contribution in [2.75, 3.05) is 6.54 Å². The van der Waals surface area contributed by atoms with Crippen molar-refractivity contribution in [3.8, 4) is 0 Å². The number of guanidine groups is 1. The minimum Gasteiger partial charge on any atom is -0.370 e. The van der Waals surface area contributed by atoms with Gasteiger partial charge in [0.05, 0.1) is 0 Å². The summed E-state index contributed by atoms with van der Waals surface area (Å²) in [5.41, 5.74) is 6.55. The molecule has 3 nitrogen and oxygen atoms in total. The molecule has 0 aromatic heterocycles. The maximum Gasteiger partial charge on any atom is 0.188 e. The Morgan fingerprint density at radius 1 is 1.15 bits per heavy atom. The van der Waals surface area contributed by atoms with E-state index in [2.05, 4.69) is 19.2 Å². The summed E-state index contributed by atoms with van der Waals surface area (Å²) in [5.74, 6) is 1.45. The van der Waals surface area contributed by atoms with Gasteiger partial charge in [0.1, 0.15) is 0 Å². The highest BCUT2D eigenvalue weighted by Crippen LogP contribution is 2.43. The molecule has 2 rings (SSSR count). The lowest BCUT2D eigenvalue weighted by atomic mass is 9.78. The Morgan fingerprint density at radius 3 is 2.40 bits per heavy atom. The van der Waals surface area contributed by atoms with E-state index in [4.69, 9.17) is 10.7 Å². The van der Waals surface area contributed by atoms with Gasteiger partial charge in [-0.2, -0.15) is 0 Å². The average molecular weight is 279 g/mol. The zero-order valence-electron chi connectivity index (χ0n) is 13.5. The van der Waals surface area contributed by atoms with Crippen LogP contribution in [0.25, 0.3) is 0 Å². The third-order valence-electron chi connectivity index (χ3n) is 5.05. The van der Waals surface area contributed by atoms with E-state index in [9.17, 15) is 0 Å². The number of hydrogen-bond acceptors (Lipinski definition) is 1. The van der Waals surface area contributed by atoms with E-state index < -0.39 is 0 Å². The van der Waals surface area contributed by atoms with E-state index in [1.165, 1.54) is 64.2 Å². The summed E-state index contributed by atoms with van der Waals surface area (Å²) < 4.78 is 0. The standard InChI is InChI=1S/C17H33N3/c1-14(2)12-17(10-6-7-11-17)13-19-16(18)20-15-8-4-3-5-9-15/h14-15H,3-13H2,1-2H3,(H3,18,19,20). The number of rotatable bonds is 5. The lowest BCUT2D eigenvalue weighted by Gasteiger charge is -2.29. The number of hydrogen-bond donors (Lipinski definition) is 2. The fourth-order valence-corrected chi connectivity index (χ4v) is 4.17. The predicted molar refractivity (Wildman–Crippen MR) is 86.9 cm³/mol. The molecule has 0 amide bonds. The Bertz CT molecular complexity index is 310. The van der Waals surface area contributed by atoms with Crippen LogP contribution >= 0.6 is 0 Å². The number of nitrogens with zero attached hydrogens (tertiary/aromatic N) is 1. The van der Waals surface area contributed by atoms with Crippen molar-refractivity contribution in [2.24, 2.45) is 22.1 Å². The summed E-state index contributed by atoms with van der Waals surface area (Å²) >= 11 is 0. The minimum atomic E-state index is 0.438. The molecule has 0 aromatic carbocycles. The van der Waals surface area contributed by atoms with Crippen molar-refractivity contribution in [3.05, 3.63) is 0 Å². The first-order valence-corrected chi connectivity index (χ1v) is 8.66. The predicted octanol–water partition coefficient (Wildman–Crippen LogP) is 3.83. The molecule has 20 heavy (non-hydrogen) atoms. The van der Waals surface area contributed by atoms with Crippen molar-refractivity contribution < 1.29 is 0 Å². The summed E-state index contributed by atoms with van der Waals surface area (Å²) in [5, 5.41) is 3.44. The highest BCUT2D eigenvalue weighted by Gasteiger charge is 2.34. The molecule has 0 unspecified atom stereocenters. The summed E-state index contributed by atoms with van der Waals surface area (Å²) in [6.45, 7) is 5.58. The first-order valence-electron chi connectivity index (χ1n) is 8.66. The van der Waals surface area contributed by atoms with Gasteiger partial charge in [-0.25, -0.2) is 0 Å². The third kappa shape index (κ3) is 4.68. The van der Waals surface area contributed by atoms with Crippen molar-refractivity contribution in [1.82, 2.24) is 5.32 Å². The molecule has 3 N–H and O–H groups in total. The molecule has 116 valence electrons. The van der Waals surface area contributed by atoms with E-state index in [0.717, 1.165) is 12.5 Å². The van der Waals surface area contributed by atoms with Gasteiger partial charge in [0.15, 0.2) is 5.96 Å². The molecule has 2 saturated carbocycles. The fourth-order valence-electron chi connectivity index (χ4n) is 4.17. The largest absolute Gasteiger partial charge is 0.370 e. The molecule has 2 aliphatic carbocycles. The second kappa shape index (κ2) is 7.33. The summed E-state index contributed by atoms with van der Waals surface area (Å²) in [6, 6.07) is 0.567. The Morgan fingerprint density at radius 2 is 1.80 bits per heavy atom. The Labute approximate surface area is 124 Å². The van der Waals surface area contributed by atoms with Crippen LogP contribution in [0, 0.1) is 11.3 Å². The Kier molecular flexibility index (Phi) is 5.74. The highest BCUT2D eigenvalue weighted by atomic mass is 15.1. The molecular formula is C17H33N3. The number of aliphatic imine (C=N–C) groups is 1. The van der Waals surface area contributed by atoms with Gasteiger partial charge in [-0.05, 0) is 43.4 Å². The molecule has 0 spiro atoms. The van der Waals surface area contributed by atoms with Crippen LogP contribution in [0.2, 0.25) is 0 Å². The molecule has 2 fully saturated rings. The van der Waals surface area contributed by atoms with Crippen LogP contribution < -0.4 is 11.1 Å². The van der Waals surface area contributed by atoms with Gasteiger partial charge in [-0.3, -0.25) is 4.99 Å². The van der Waals surface area contributed by atoms with Gasteiger partial charge in [0, 0.05) is 12.6 Å². The second-order valence-electron chi connectivity index (χ2n) is 7.49. The van der Waals surface area contributed by atoms with Crippen LogP contribution in [0.3, 0.4) is 0 Å². The molecule has 0 heterocycles. The SMILES string of the molecule is CC(C)CC1(CN=C(N)NC2CCCCC2)CCCC1. The van der Waals surface area contributed by atoms with E-state index in [1.807, 2.05) is 0 Å². The van der Waals surface area contributed by atoms with Crippen molar-refractivity contribution in [2.45, 2.75) is 84.1 Å². The minimum absolute atomic E-state index is 0.438. The molecule has 3 heteroatoms. The van der Waals surface area contributed by atoms with Crippen LogP contribution in [0.1, 0.15) is 78.1 Å². The maximum absolute atomic E-state index is 6.11. The van der Waals surface area contributed by atoms with E-state index >= 15 is 0 Å². The van der Waals surface area contributed by atoms with Crippen molar-refractivity contribution in [3.63, 3.8) is 0 Å². The smallest absolute Gasteiger partial charge is 0.188 e. The monoisotopic (exact) mass is 279 g/mol. The summed E-state index contributed by atoms with van der Waals surface area (Å²) in [7, 11) is 0. The number of nitrogens with two attached hydrogens (primary N) is 1. The molecule has 0 atom stereocenters. The molecule has 0 aromatic rings. The maximum atomic E-state index is 6.11. The zero-order valence-corrected chi connectivity index (χ0v) is 13.5. The quantitative estimate of drug-likeness (QED) is 0.593. The fraction of sp³-hybridized carbons (Fsp3) is 0.941. The molecule has 2 aliphatic rings. The second-order valence-corrected chi connectivity index (χ2v) is 7.49. The van der Waals surface area contributed by atoms with Gasteiger partial charge < -0.3 is 11.1 Å². The van der Waals surface area contributed by atoms with Gasteiger partial charge in [-0.15, -0.1) is 0 Å². The van der Waals surface area contributed by atoms with Crippen molar-refractivity contribution in [1.29, 1.82) is 0 Å². The molecular weight excluding hydrogens is 246 g/mol. The van der Waals surface area contributed by atoms with E-state index in [0.29, 0.717) is 17.4 Å². The van der Waals surface area contributed by atoms with Gasteiger partial charge in [0.25, 0.3) is 0 Å². The molecule has 0 bridgehead atoms. The first kappa shape index (κ1) is 15.7.